The molecule has 0 saturated carbocycles. The van der Waals surface area contributed by atoms with Gasteiger partial charge in [0.15, 0.2) is 0 Å². The predicted molar refractivity (Wildman–Crippen MR) is 50.1 cm³/mol. The van der Waals surface area contributed by atoms with Gasteiger partial charge in [-0.05, 0) is 12.3 Å². The molecule has 0 aliphatic rings. The Hall–Kier alpha value is -0.900. The number of carbonyl (C=O) groups is 1. The van der Waals surface area contributed by atoms with Gasteiger partial charge in [0.2, 0.25) is 0 Å². The minimum absolute atomic E-state index is 0.135. The van der Waals surface area contributed by atoms with E-state index < -0.39 is 12.1 Å². The lowest BCUT2D eigenvalue weighted by Gasteiger charge is -2.17. The molecule has 0 aromatic heterocycles. The van der Waals surface area contributed by atoms with E-state index in [0.29, 0.717) is 6.42 Å². The van der Waals surface area contributed by atoms with Gasteiger partial charge in [0.25, 0.3) is 0 Å². The van der Waals surface area contributed by atoms with Crippen LogP contribution in [0, 0.1) is 11.3 Å². The predicted octanol–water partition coefficient (Wildman–Crippen LogP) is 1.28. The summed E-state index contributed by atoms with van der Waals surface area (Å²) < 4.78 is 0. The van der Waals surface area contributed by atoms with Crippen molar-refractivity contribution in [2.75, 3.05) is 0 Å². The van der Waals surface area contributed by atoms with Crippen LogP contribution >= 0.6 is 0 Å². The minimum Gasteiger partial charge on any atom is -0.477 e. The van der Waals surface area contributed by atoms with Gasteiger partial charge < -0.3 is 10.2 Å². The third kappa shape index (κ3) is 4.62. The van der Waals surface area contributed by atoms with E-state index in [4.69, 9.17) is 10.5 Å². The zero-order chi connectivity index (χ0) is 10.4. The van der Waals surface area contributed by atoms with Crippen molar-refractivity contribution in [3.63, 3.8) is 0 Å². The fourth-order valence-corrected chi connectivity index (χ4v) is 1.13. The number of nitrogens with one attached hydrogen (secondary N) is 1. The molecule has 13 heavy (non-hydrogen) atoms. The van der Waals surface area contributed by atoms with Gasteiger partial charge in [-0.15, -0.1) is 0 Å². The van der Waals surface area contributed by atoms with Crippen LogP contribution in [0.3, 0.4) is 0 Å². The Kier molecular flexibility index (Phi) is 5.30. The largest absolute Gasteiger partial charge is 0.477 e. The third-order valence-corrected chi connectivity index (χ3v) is 2.03. The SMILES string of the molecule is CCCC(O)[C@@H](C)CC(=N)C(=O)O. The second kappa shape index (κ2) is 5.70. The molecular formula is C9H17NO3. The van der Waals surface area contributed by atoms with E-state index in [9.17, 15) is 9.90 Å². The van der Waals surface area contributed by atoms with Gasteiger partial charge in [-0.2, -0.15) is 0 Å². The second-order valence-corrected chi connectivity index (χ2v) is 3.32. The number of aliphatic hydroxyl groups is 1. The Balaban J connectivity index is 3.91. The van der Waals surface area contributed by atoms with Crippen molar-refractivity contribution in [2.24, 2.45) is 5.92 Å². The molecule has 4 nitrogen and oxygen atoms in total. The normalized spacial score (nSPS) is 15.0. The molecule has 0 amide bonds. The molecule has 0 aromatic rings. The molecule has 2 atom stereocenters. The lowest BCUT2D eigenvalue weighted by atomic mass is 9.95. The van der Waals surface area contributed by atoms with Gasteiger partial charge in [0.05, 0.1) is 6.10 Å². The number of hydrogen-bond acceptors (Lipinski definition) is 3. The Morgan fingerprint density at radius 2 is 2.08 bits per heavy atom. The maximum Gasteiger partial charge on any atom is 0.349 e. The number of aliphatic hydroxyl groups excluding tert-OH is 1. The van der Waals surface area contributed by atoms with Crippen molar-refractivity contribution in [3.05, 3.63) is 0 Å². The van der Waals surface area contributed by atoms with E-state index in [1.54, 1.807) is 6.92 Å². The van der Waals surface area contributed by atoms with Crippen LogP contribution in [0.2, 0.25) is 0 Å². The maximum atomic E-state index is 10.3. The van der Waals surface area contributed by atoms with Crippen LogP contribution in [0.4, 0.5) is 0 Å². The summed E-state index contributed by atoms with van der Waals surface area (Å²) in [6.07, 6.45) is 1.17. The average molecular weight is 187 g/mol. The van der Waals surface area contributed by atoms with Gasteiger partial charge in [0, 0.05) is 6.42 Å². The quantitative estimate of drug-likeness (QED) is 0.548. The van der Waals surface area contributed by atoms with Crippen LogP contribution in [-0.2, 0) is 4.79 Å². The Bertz CT molecular complexity index is 191. The number of aliphatic carboxylic acids is 1. The zero-order valence-corrected chi connectivity index (χ0v) is 8.08. The van der Waals surface area contributed by atoms with Crippen molar-refractivity contribution in [2.45, 2.75) is 39.2 Å². The van der Waals surface area contributed by atoms with E-state index in [1.807, 2.05) is 6.92 Å². The summed E-state index contributed by atoms with van der Waals surface area (Å²) >= 11 is 0. The van der Waals surface area contributed by atoms with Gasteiger partial charge >= 0.3 is 5.97 Å². The summed E-state index contributed by atoms with van der Waals surface area (Å²) in [6.45, 7) is 3.72. The molecule has 0 rings (SSSR count). The molecule has 4 heteroatoms. The van der Waals surface area contributed by atoms with Crippen LogP contribution in [0.5, 0.6) is 0 Å². The standard InChI is InChI=1S/C9H17NO3/c1-3-4-8(11)6(2)5-7(10)9(12)13/h6,8,10-11H,3-5H2,1-2H3,(H,12,13)/t6-,8?/m0/s1. The van der Waals surface area contributed by atoms with Crippen LogP contribution in [0.1, 0.15) is 33.1 Å². The molecule has 0 saturated heterocycles. The molecule has 0 bridgehead atoms. The molecule has 0 fully saturated rings. The molecule has 1 unspecified atom stereocenters. The Labute approximate surface area is 78.1 Å². The van der Waals surface area contributed by atoms with Crippen molar-refractivity contribution in [1.82, 2.24) is 0 Å². The monoisotopic (exact) mass is 187 g/mol. The summed E-state index contributed by atoms with van der Waals surface area (Å²) in [5.74, 6) is -1.35. The molecule has 0 heterocycles. The highest BCUT2D eigenvalue weighted by molar-refractivity contribution is 6.34. The highest BCUT2D eigenvalue weighted by atomic mass is 16.4. The fraction of sp³-hybridized carbons (Fsp3) is 0.778. The van der Waals surface area contributed by atoms with Crippen molar-refractivity contribution in [3.8, 4) is 0 Å². The van der Waals surface area contributed by atoms with E-state index in [-0.39, 0.29) is 18.1 Å². The first kappa shape index (κ1) is 12.1. The van der Waals surface area contributed by atoms with Crippen LogP contribution in [0.15, 0.2) is 0 Å². The summed E-state index contributed by atoms with van der Waals surface area (Å²) in [4.78, 5) is 10.3. The lowest BCUT2D eigenvalue weighted by Crippen LogP contribution is -2.23. The maximum absolute atomic E-state index is 10.3. The molecule has 0 aromatic carbocycles. The number of carboxylic acids is 1. The summed E-state index contributed by atoms with van der Waals surface area (Å²) in [5, 5.41) is 25.0. The van der Waals surface area contributed by atoms with Crippen LogP contribution < -0.4 is 0 Å². The topological polar surface area (TPSA) is 81.4 Å². The first-order chi connectivity index (χ1) is 5.99. The summed E-state index contributed by atoms with van der Waals surface area (Å²) in [5.41, 5.74) is -0.331. The summed E-state index contributed by atoms with van der Waals surface area (Å²) in [6, 6.07) is 0. The molecule has 3 N–H and O–H groups in total. The van der Waals surface area contributed by atoms with Crippen LogP contribution in [0.25, 0.3) is 0 Å². The second-order valence-electron chi connectivity index (χ2n) is 3.32. The number of carboxylic acid groups (broad SMARTS) is 1. The zero-order valence-electron chi connectivity index (χ0n) is 8.08. The van der Waals surface area contributed by atoms with E-state index in [1.165, 1.54) is 0 Å². The van der Waals surface area contributed by atoms with E-state index in [2.05, 4.69) is 0 Å². The molecule has 0 aliphatic heterocycles. The van der Waals surface area contributed by atoms with Gasteiger partial charge in [-0.25, -0.2) is 4.79 Å². The highest BCUT2D eigenvalue weighted by Crippen LogP contribution is 2.13. The Morgan fingerprint density at radius 1 is 1.54 bits per heavy atom. The first-order valence-electron chi connectivity index (χ1n) is 4.47. The highest BCUT2D eigenvalue weighted by Gasteiger charge is 2.18. The molecule has 0 spiro atoms. The molecule has 0 radical (unpaired) electrons. The number of rotatable bonds is 6. The fourth-order valence-electron chi connectivity index (χ4n) is 1.13. The molecule has 0 aliphatic carbocycles. The van der Waals surface area contributed by atoms with Gasteiger partial charge in [0.1, 0.15) is 5.71 Å². The molecular weight excluding hydrogens is 170 g/mol. The number of hydrogen-bond donors (Lipinski definition) is 3. The third-order valence-electron chi connectivity index (χ3n) is 2.03. The van der Waals surface area contributed by atoms with Crippen LogP contribution in [-0.4, -0.2) is 28.0 Å². The minimum atomic E-state index is -1.20. The van der Waals surface area contributed by atoms with E-state index in [0.717, 1.165) is 6.42 Å². The van der Waals surface area contributed by atoms with E-state index >= 15 is 0 Å². The Morgan fingerprint density at radius 3 is 2.46 bits per heavy atom. The molecule has 76 valence electrons. The lowest BCUT2D eigenvalue weighted by molar-refractivity contribution is -0.129. The van der Waals surface area contributed by atoms with Gasteiger partial charge in [-0.1, -0.05) is 20.3 Å². The smallest absolute Gasteiger partial charge is 0.349 e. The van der Waals surface area contributed by atoms with Gasteiger partial charge in [-0.3, -0.25) is 5.41 Å². The summed E-state index contributed by atoms with van der Waals surface area (Å²) in [7, 11) is 0. The van der Waals surface area contributed by atoms with Crippen molar-refractivity contribution in [1.29, 1.82) is 5.41 Å². The average Bonchev–Trinajstić information content (AvgIpc) is 2.04. The van der Waals surface area contributed by atoms with Crippen molar-refractivity contribution >= 4 is 11.7 Å². The first-order valence-corrected chi connectivity index (χ1v) is 4.47. The van der Waals surface area contributed by atoms with Crippen molar-refractivity contribution < 1.29 is 15.0 Å².